The molecule has 6 aliphatic heterocycles. The molecule has 3 aromatic rings. The standard InChI is InChI=1S/C22H31O12S.C15H24O9.2C7H7.4C2H6.CH3.4Ac.W.2Y/c1-11-4-6-12(7-5-11)35(27,28)31-10-14-19(16(24)13(23)8-29-14)33-21-18(26)17(25)20-15(32-21)9-30-22(2,3)34-20;1-6-12(9(17)7(16)4-20-6)23-14-11(19)10(18)13-8(22-14)5-21-15(2,3)24-13;2*1-7-5-3-2-4-6-7;4*1-2;;;;;;;;/h4-8,13-21,23-26H,9-10H2,1-3H3;4,6-14,16-19H,1,5H2,2-3H3;2*2-6H,1H2;4*1-2H3;1H3;;;;;;;/q-1;-2;2*-1;;;;;-1;;;;;+2;;. The Morgan fingerprint density at radius 3 is 1.26 bits per heavy atom. The van der Waals surface area contributed by atoms with Gasteiger partial charge in [-0.3, -0.25) is 4.18 Å². The third kappa shape index (κ3) is 35.8. The predicted molar refractivity (Wildman–Crippen MR) is 307 cm³/mol. The van der Waals surface area contributed by atoms with E-state index >= 15 is 0 Å². The van der Waals surface area contributed by atoms with Crippen molar-refractivity contribution < 1.29 is 364 Å². The molecule has 0 saturated carbocycles. The third-order valence-electron chi connectivity index (χ3n) is 12.2. The second-order valence-electron chi connectivity index (χ2n) is 18.9. The molecule has 0 aliphatic carbocycles. The van der Waals surface area contributed by atoms with Crippen LogP contribution in [0.5, 0.6) is 0 Å². The van der Waals surface area contributed by atoms with Crippen molar-refractivity contribution in [3.63, 3.8) is 0 Å². The minimum atomic E-state index is -4.16. The Labute approximate surface area is 740 Å². The van der Waals surface area contributed by atoms with Gasteiger partial charge in [0, 0.05) is 242 Å². The van der Waals surface area contributed by atoms with Gasteiger partial charge >= 0.3 is 21.1 Å². The van der Waals surface area contributed by atoms with Gasteiger partial charge in [0.05, 0.1) is 49.1 Å². The summed E-state index contributed by atoms with van der Waals surface area (Å²) in [5, 5.41) is 82.0. The topological polar surface area (TPSA) is 298 Å². The maximum absolute atomic E-state index is 12.6. The smallest absolute Gasteiger partial charge is 0.569 e. The molecule has 0 bridgehead atoms. The molecule has 8 N–H and O–H groups in total. The van der Waals surface area contributed by atoms with Crippen molar-refractivity contribution in [1.29, 1.82) is 0 Å². The fourth-order valence-corrected chi connectivity index (χ4v) is 8.98. The van der Waals surface area contributed by atoms with E-state index in [9.17, 15) is 49.3 Å². The Kier molecular flexibility index (Phi) is 67.5. The van der Waals surface area contributed by atoms with E-state index in [4.69, 9.17) is 51.6 Å². The van der Waals surface area contributed by atoms with Gasteiger partial charge < -0.3 is 103 Å². The monoisotopic (exact) mass is 2450 g/mol. The van der Waals surface area contributed by atoms with Crippen molar-refractivity contribution >= 4 is 10.1 Å². The van der Waals surface area contributed by atoms with Crippen molar-refractivity contribution in [3.05, 3.63) is 143 Å². The molecule has 21 nitrogen and oxygen atoms in total. The van der Waals surface area contributed by atoms with Crippen LogP contribution in [0, 0.1) is 225 Å². The van der Waals surface area contributed by atoms with E-state index in [0.717, 1.165) is 29.9 Å². The molecule has 6 saturated heterocycles. The number of ether oxygens (including phenoxy) is 10. The molecule has 6 fully saturated rings. The molecule has 6 heterocycles. The second-order valence-corrected chi connectivity index (χ2v) is 20.6. The molecule has 0 amide bonds. The quantitative estimate of drug-likeness (QED) is 0.104. The number of aryl methyl sites for hydroxylation is 1. The Morgan fingerprint density at radius 2 is 0.899 bits per heavy atom. The van der Waals surface area contributed by atoms with Crippen LogP contribution in [0.4, 0.5) is 0 Å². The number of fused-ring (bicyclic) bond motifs is 2. The molecule has 3 aromatic carbocycles. The molecule has 6 aliphatic rings. The van der Waals surface area contributed by atoms with E-state index in [2.05, 4.69) is 20.8 Å². The van der Waals surface area contributed by atoms with Crippen LogP contribution in [0.1, 0.15) is 99.8 Å². The van der Waals surface area contributed by atoms with E-state index in [-0.39, 0.29) is 288 Å². The van der Waals surface area contributed by atoms with E-state index in [1.54, 1.807) is 39.8 Å². The number of aliphatic hydroxyl groups is 8. The fraction of sp³-hybridized carbons (Fsp3) is 0.600. The van der Waals surface area contributed by atoms with Gasteiger partial charge in [-0.1, -0.05) is 91.3 Å². The molecule has 18 unspecified atom stereocenters. The van der Waals surface area contributed by atoms with Crippen molar-refractivity contribution in [2.45, 2.75) is 217 Å². The zero-order valence-electron chi connectivity index (χ0n) is 54.0. The molecule has 0 spiro atoms. The molecule has 9 rings (SSSR count). The van der Waals surface area contributed by atoms with Crippen molar-refractivity contribution in [2.24, 2.45) is 0 Å². The summed E-state index contributed by atoms with van der Waals surface area (Å²) < 4.78 is 85.6. The van der Waals surface area contributed by atoms with Crippen LogP contribution in [0.15, 0.2) is 89.8 Å². The van der Waals surface area contributed by atoms with Gasteiger partial charge in [-0.25, -0.2) is 0 Å². The largest absolute Gasteiger partial charge is 2.00 e. The number of benzene rings is 3. The van der Waals surface area contributed by atoms with Gasteiger partial charge in [-0.2, -0.15) is 70.9 Å². The van der Waals surface area contributed by atoms with Crippen LogP contribution in [0.25, 0.3) is 0 Å². The average Bonchev–Trinajstić information content (AvgIpc) is 1.22. The summed E-state index contributed by atoms with van der Waals surface area (Å²) in [4.78, 5) is -0.0682. The van der Waals surface area contributed by atoms with E-state index in [1.807, 2.05) is 123 Å². The summed E-state index contributed by atoms with van der Waals surface area (Å²) in [6, 6.07) is 25.8. The van der Waals surface area contributed by atoms with Crippen LogP contribution in [0.3, 0.4) is 0 Å². The summed E-state index contributed by atoms with van der Waals surface area (Å²) in [6.45, 7) is 37.3. The molecule has 18 atom stereocenters. The molecule has 29 heteroatoms. The van der Waals surface area contributed by atoms with Gasteiger partial charge in [-0.05, 0) is 59.0 Å². The number of aliphatic hydroxyl groups excluding tert-OH is 8. The first kappa shape index (κ1) is 108. The number of hydrogen-bond acceptors (Lipinski definition) is 21. The van der Waals surface area contributed by atoms with Gasteiger partial charge in [0.1, 0.15) is 54.9 Å². The van der Waals surface area contributed by atoms with Crippen molar-refractivity contribution in [1.82, 2.24) is 0 Å². The number of hydrogen-bond donors (Lipinski definition) is 8. The normalized spacial score (nSPS) is 31.2. The van der Waals surface area contributed by atoms with E-state index in [0.29, 0.717) is 0 Å². The zero-order chi connectivity index (χ0) is 61.4. The van der Waals surface area contributed by atoms with Gasteiger partial charge in [-0.15, -0.1) is 24.3 Å². The SMILES string of the molecule is CC.CC.CC.CC.Cc1ccc(S(=O)(=O)OCC2O[CH-]C(O)C(O)C2OC2OC3COC(C)(C)OC3C(O)C2O)cc1.[Ac].[Ac].[Ac].[Ac].[CH2-]C1O[CH-]C(O)C(O)C1OC1OC2COC(C)(C)OC2C(O)C1O.[CH2-]c1ccccc1.[CH2-]c1ccccc1.[CH3-].[W+2].[Y].[Y]. The first-order chi connectivity index (χ1) is 38.4. The zero-order valence-corrected chi connectivity index (χ0v) is 82.4. The van der Waals surface area contributed by atoms with Crippen LogP contribution < -0.4 is 0 Å². The summed E-state index contributed by atoms with van der Waals surface area (Å²) >= 11 is 0. The predicted octanol–water partition coefficient (Wildman–Crippen LogP) is 5.34. The maximum Gasteiger partial charge on any atom is 2.00 e. The summed E-state index contributed by atoms with van der Waals surface area (Å²) in [5.41, 5.74) is 3.01. The fourth-order valence-electron chi connectivity index (χ4n) is 8.06. The Hall–Kier alpha value is 5.25. The average molecular weight is 2460 g/mol. The molecular formula is C60H96Ac4O21SWY2-4. The second kappa shape index (κ2) is 55.8. The van der Waals surface area contributed by atoms with Crippen LogP contribution >= 0.6 is 0 Å². The number of rotatable bonds is 8. The van der Waals surface area contributed by atoms with E-state index < -0.39 is 139 Å². The van der Waals surface area contributed by atoms with Crippen LogP contribution in [0.2, 0.25) is 0 Å². The maximum atomic E-state index is 12.6. The van der Waals surface area contributed by atoms with Crippen LogP contribution in [-0.4, -0.2) is 191 Å². The van der Waals surface area contributed by atoms with Crippen molar-refractivity contribution in [3.8, 4) is 0 Å². The van der Waals surface area contributed by atoms with Crippen molar-refractivity contribution in [2.75, 3.05) is 19.8 Å². The molecule has 89 heavy (non-hydrogen) atoms. The van der Waals surface area contributed by atoms with E-state index in [1.165, 1.54) is 12.1 Å². The summed E-state index contributed by atoms with van der Waals surface area (Å²) in [5.74, 6) is -1.89. The Morgan fingerprint density at radius 1 is 0.551 bits per heavy atom. The van der Waals surface area contributed by atoms with Gasteiger partial charge in [0.15, 0.2) is 24.2 Å². The summed E-state index contributed by atoms with van der Waals surface area (Å²) in [7, 11) is -4.16. The molecular weight excluding hydrogens is 2360 g/mol. The summed E-state index contributed by atoms with van der Waals surface area (Å²) in [6.07, 6.45) is -21.5. The third-order valence-corrected chi connectivity index (χ3v) is 13.5. The first-order valence-electron chi connectivity index (χ1n) is 27.6. The first-order valence-corrected chi connectivity index (χ1v) is 29.0. The Bertz CT molecular complexity index is 2230. The molecule has 0 aromatic heterocycles. The van der Waals surface area contributed by atoms with Crippen LogP contribution in [-0.2, 0) is 148 Å². The molecule has 496 valence electrons. The Balaban J connectivity index is -0.000000217. The van der Waals surface area contributed by atoms with Gasteiger partial charge in [0.25, 0.3) is 10.1 Å². The van der Waals surface area contributed by atoms with Gasteiger partial charge in [0.2, 0.25) is 0 Å². The minimum absolute atomic E-state index is 0. The minimum Gasteiger partial charge on any atom is -0.569 e. The molecule has 6 radical (unpaired) electrons.